The van der Waals surface area contributed by atoms with Gasteiger partial charge in [0.05, 0.1) is 11.7 Å². The summed E-state index contributed by atoms with van der Waals surface area (Å²) >= 11 is 0. The average Bonchev–Trinajstić information content (AvgIpc) is 3.17. The van der Waals surface area contributed by atoms with Gasteiger partial charge in [0, 0.05) is 32.0 Å². The van der Waals surface area contributed by atoms with Gasteiger partial charge >= 0.3 is 0 Å². The summed E-state index contributed by atoms with van der Waals surface area (Å²) in [6.07, 6.45) is 7.34. The molecule has 3 rings (SSSR count). The molecule has 172 valence electrons. The standard InChI is InChI=1S/C27H33N5O/c1-18-5-7-26-21(4)23(6-8-25(18)26)9-10-32(16-20(3)33)17-22(12-28)14-30-27-11-19(2)24(13-29)15-31-27/h6,8,11-12,14-15,20,33H,1,5,7,9-10,16-17,28H2,2-4H3. The Hall–Kier alpha value is -3.27. The molecule has 0 amide bonds. The lowest BCUT2D eigenvalue weighted by molar-refractivity contribution is 0.133. The molecule has 0 fully saturated rings. The first-order valence-corrected chi connectivity index (χ1v) is 11.3. The quantitative estimate of drug-likeness (QED) is 0.571. The highest BCUT2D eigenvalue weighted by Crippen LogP contribution is 2.34. The second-order valence-corrected chi connectivity index (χ2v) is 8.78. The zero-order valence-corrected chi connectivity index (χ0v) is 19.8. The molecule has 0 spiro atoms. The number of aliphatic hydroxyl groups is 1. The molecule has 1 heterocycles. The van der Waals surface area contributed by atoms with E-state index in [0.717, 1.165) is 36.9 Å². The first-order valence-electron chi connectivity index (χ1n) is 11.3. The minimum Gasteiger partial charge on any atom is -0.404 e. The normalized spacial score (nSPS) is 14.7. The number of fused-ring (bicyclic) bond motifs is 1. The van der Waals surface area contributed by atoms with Crippen molar-refractivity contribution in [1.29, 1.82) is 5.26 Å². The van der Waals surface area contributed by atoms with Crippen LogP contribution in [0.4, 0.5) is 5.82 Å². The van der Waals surface area contributed by atoms with E-state index >= 15 is 0 Å². The van der Waals surface area contributed by atoms with Crippen molar-refractivity contribution in [3.8, 4) is 6.07 Å². The predicted molar refractivity (Wildman–Crippen MR) is 134 cm³/mol. The van der Waals surface area contributed by atoms with E-state index in [-0.39, 0.29) is 0 Å². The Morgan fingerprint density at radius 3 is 2.85 bits per heavy atom. The van der Waals surface area contributed by atoms with E-state index in [1.54, 1.807) is 25.4 Å². The highest BCUT2D eigenvalue weighted by Gasteiger charge is 2.19. The number of benzene rings is 1. The van der Waals surface area contributed by atoms with E-state index in [9.17, 15) is 5.11 Å². The van der Waals surface area contributed by atoms with Crippen LogP contribution in [0.1, 0.15) is 46.7 Å². The number of hydrogen-bond donors (Lipinski definition) is 2. The fourth-order valence-electron chi connectivity index (χ4n) is 4.30. The maximum atomic E-state index is 10.0. The zero-order valence-electron chi connectivity index (χ0n) is 19.8. The van der Waals surface area contributed by atoms with Gasteiger partial charge in [-0.3, -0.25) is 4.90 Å². The van der Waals surface area contributed by atoms with Gasteiger partial charge in [-0.25, -0.2) is 9.98 Å². The van der Waals surface area contributed by atoms with E-state index < -0.39 is 6.10 Å². The van der Waals surface area contributed by atoms with Crippen LogP contribution in [0.25, 0.3) is 5.57 Å². The third kappa shape index (κ3) is 6.16. The molecule has 0 radical (unpaired) electrons. The maximum absolute atomic E-state index is 10.0. The molecule has 6 nitrogen and oxygen atoms in total. The van der Waals surface area contributed by atoms with Crippen LogP contribution >= 0.6 is 0 Å². The van der Waals surface area contributed by atoms with Crippen molar-refractivity contribution in [2.24, 2.45) is 10.7 Å². The van der Waals surface area contributed by atoms with Crippen molar-refractivity contribution in [3.05, 3.63) is 76.1 Å². The number of rotatable bonds is 9. The molecule has 0 saturated carbocycles. The topological polar surface area (TPSA) is 98.5 Å². The highest BCUT2D eigenvalue weighted by atomic mass is 16.3. The minimum atomic E-state index is -0.451. The van der Waals surface area contributed by atoms with Crippen LogP contribution in [0.3, 0.4) is 0 Å². The van der Waals surface area contributed by atoms with E-state index in [1.165, 1.54) is 34.0 Å². The van der Waals surface area contributed by atoms with Gasteiger partial charge in [0.1, 0.15) is 6.07 Å². The van der Waals surface area contributed by atoms with Crippen molar-refractivity contribution in [1.82, 2.24) is 9.88 Å². The molecule has 0 aliphatic heterocycles. The molecular formula is C27H33N5O. The van der Waals surface area contributed by atoms with Gasteiger partial charge < -0.3 is 10.8 Å². The average molecular weight is 444 g/mol. The van der Waals surface area contributed by atoms with Gasteiger partial charge in [-0.05, 0) is 91.3 Å². The Labute approximate surface area is 196 Å². The summed E-state index contributed by atoms with van der Waals surface area (Å²) in [6, 6.07) is 8.31. The molecule has 1 aliphatic rings. The number of aromatic nitrogens is 1. The lowest BCUT2D eigenvalue weighted by Crippen LogP contribution is -2.35. The Bertz CT molecular complexity index is 1120. The predicted octanol–water partition coefficient (Wildman–Crippen LogP) is 4.00. The molecule has 1 aromatic carbocycles. The van der Waals surface area contributed by atoms with E-state index in [1.807, 2.05) is 6.92 Å². The van der Waals surface area contributed by atoms with Crippen LogP contribution in [0, 0.1) is 25.2 Å². The number of pyridine rings is 1. The second-order valence-electron chi connectivity index (χ2n) is 8.78. The number of nitriles is 1. The van der Waals surface area contributed by atoms with Gasteiger partial charge in [-0.1, -0.05) is 18.7 Å². The first kappa shape index (κ1) is 24.4. The lowest BCUT2D eigenvalue weighted by atomic mass is 9.96. The third-order valence-electron chi connectivity index (χ3n) is 6.19. The fourth-order valence-corrected chi connectivity index (χ4v) is 4.30. The molecule has 0 bridgehead atoms. The Balaban J connectivity index is 1.69. The fraction of sp³-hybridized carbons (Fsp3) is 0.370. The Kier molecular flexibility index (Phi) is 8.16. The highest BCUT2D eigenvalue weighted by molar-refractivity contribution is 5.81. The molecule has 0 saturated heterocycles. The Morgan fingerprint density at radius 2 is 2.18 bits per heavy atom. The number of aryl methyl sites for hydroxylation is 1. The van der Waals surface area contributed by atoms with Crippen molar-refractivity contribution in [2.45, 2.75) is 46.1 Å². The number of aliphatic hydroxyl groups excluding tert-OH is 1. The van der Waals surface area contributed by atoms with Crippen molar-refractivity contribution < 1.29 is 5.11 Å². The van der Waals surface area contributed by atoms with Gasteiger partial charge in [0.15, 0.2) is 5.82 Å². The summed E-state index contributed by atoms with van der Waals surface area (Å²) in [5, 5.41) is 19.1. The van der Waals surface area contributed by atoms with Crippen molar-refractivity contribution >= 4 is 17.6 Å². The summed E-state index contributed by atoms with van der Waals surface area (Å²) in [5.41, 5.74) is 14.8. The van der Waals surface area contributed by atoms with Crippen LogP contribution in [0.2, 0.25) is 0 Å². The summed E-state index contributed by atoms with van der Waals surface area (Å²) < 4.78 is 0. The second kappa shape index (κ2) is 11.0. The van der Waals surface area contributed by atoms with Crippen molar-refractivity contribution in [2.75, 3.05) is 19.6 Å². The largest absolute Gasteiger partial charge is 0.404 e. The molecule has 6 heteroatoms. The van der Waals surface area contributed by atoms with Crippen molar-refractivity contribution in [3.63, 3.8) is 0 Å². The summed E-state index contributed by atoms with van der Waals surface area (Å²) in [6.45, 7) is 12.0. The van der Waals surface area contributed by atoms with Gasteiger partial charge in [-0.2, -0.15) is 5.26 Å². The van der Waals surface area contributed by atoms with E-state index in [4.69, 9.17) is 11.0 Å². The van der Waals surface area contributed by atoms with E-state index in [2.05, 4.69) is 46.6 Å². The molecule has 1 aromatic heterocycles. The summed E-state index contributed by atoms with van der Waals surface area (Å²) in [4.78, 5) is 10.8. The molecule has 1 unspecified atom stereocenters. The number of hydrogen-bond acceptors (Lipinski definition) is 6. The monoisotopic (exact) mass is 443 g/mol. The maximum Gasteiger partial charge on any atom is 0.152 e. The zero-order chi connectivity index (χ0) is 24.0. The van der Waals surface area contributed by atoms with Gasteiger partial charge in [0.2, 0.25) is 0 Å². The molecule has 2 aromatic rings. The number of nitrogens with two attached hydrogens (primary N) is 1. The SMILES string of the molecule is C=C1CCc2c1ccc(CCN(CC(C=Nc1cc(C)c(C#N)cn1)=CN)CC(C)O)c2C. The van der Waals surface area contributed by atoms with Crippen LogP contribution in [-0.2, 0) is 12.8 Å². The van der Waals surface area contributed by atoms with Crippen LogP contribution in [0.5, 0.6) is 0 Å². The minimum absolute atomic E-state index is 0.451. The van der Waals surface area contributed by atoms with Crippen LogP contribution in [0.15, 0.2) is 47.7 Å². The van der Waals surface area contributed by atoms with Crippen LogP contribution in [-0.4, -0.2) is 46.9 Å². The van der Waals surface area contributed by atoms with Gasteiger partial charge in [-0.15, -0.1) is 0 Å². The number of nitrogens with zero attached hydrogens (tertiary/aromatic N) is 4. The molecule has 1 atom stereocenters. The molecule has 33 heavy (non-hydrogen) atoms. The lowest BCUT2D eigenvalue weighted by Gasteiger charge is -2.24. The first-order chi connectivity index (χ1) is 15.8. The van der Waals surface area contributed by atoms with Crippen LogP contribution < -0.4 is 5.73 Å². The van der Waals surface area contributed by atoms with Gasteiger partial charge in [0.25, 0.3) is 0 Å². The number of allylic oxidation sites excluding steroid dienone is 1. The van der Waals surface area contributed by atoms with E-state index in [0.29, 0.717) is 24.5 Å². The summed E-state index contributed by atoms with van der Waals surface area (Å²) in [7, 11) is 0. The Morgan fingerprint density at radius 1 is 1.39 bits per heavy atom. The summed E-state index contributed by atoms with van der Waals surface area (Å²) in [5.74, 6) is 0.531. The molecular weight excluding hydrogens is 410 g/mol. The third-order valence-corrected chi connectivity index (χ3v) is 6.19. The smallest absolute Gasteiger partial charge is 0.152 e. The molecule has 1 aliphatic carbocycles. The number of aliphatic imine (C=N–C) groups is 1. The molecule has 3 N–H and O–H groups in total.